The number of aromatic nitrogens is 4. The minimum atomic E-state index is -1.14. The van der Waals surface area contributed by atoms with E-state index in [9.17, 15) is 8.78 Å². The molecule has 0 spiro atoms. The van der Waals surface area contributed by atoms with Crippen LogP contribution in [0.3, 0.4) is 0 Å². The van der Waals surface area contributed by atoms with Gasteiger partial charge < -0.3 is 29.8 Å². The Bertz CT molecular complexity index is 1550. The van der Waals surface area contributed by atoms with E-state index in [1.165, 1.54) is 0 Å². The molecule has 0 aliphatic carbocycles. The topological polar surface area (TPSA) is 128 Å². The van der Waals surface area contributed by atoms with Gasteiger partial charge in [-0.25, -0.2) is 4.39 Å². The summed E-state index contributed by atoms with van der Waals surface area (Å²) in [4.78, 5) is 22.9. The van der Waals surface area contributed by atoms with E-state index in [1.807, 2.05) is 0 Å². The van der Waals surface area contributed by atoms with Gasteiger partial charge in [0.25, 0.3) is 6.01 Å². The zero-order valence-electron chi connectivity index (χ0n) is 21.9. The first-order valence-electron chi connectivity index (χ1n) is 13.7. The number of ether oxygens (including phenoxy) is 2. The van der Waals surface area contributed by atoms with Crippen molar-refractivity contribution in [2.75, 3.05) is 63.2 Å². The van der Waals surface area contributed by atoms with Gasteiger partial charge in [0.1, 0.15) is 11.0 Å². The molecule has 0 radical (unpaired) electrons. The van der Waals surface area contributed by atoms with Gasteiger partial charge in [0.05, 0.1) is 25.3 Å². The van der Waals surface area contributed by atoms with E-state index in [2.05, 4.69) is 25.1 Å². The summed E-state index contributed by atoms with van der Waals surface area (Å²) in [6.45, 7) is 6.34. The first kappa shape index (κ1) is 25.3. The van der Waals surface area contributed by atoms with Crippen molar-refractivity contribution in [3.63, 3.8) is 0 Å². The van der Waals surface area contributed by atoms with Gasteiger partial charge in [0, 0.05) is 62.1 Å². The fourth-order valence-electron chi connectivity index (χ4n) is 5.92. The van der Waals surface area contributed by atoms with Gasteiger partial charge in [-0.05, 0) is 31.4 Å². The average Bonchev–Trinajstić information content (AvgIpc) is 3.53. The van der Waals surface area contributed by atoms with E-state index in [0.717, 1.165) is 71.3 Å². The number of nitrogens with two attached hydrogens (primary N) is 1. The molecule has 3 saturated heterocycles. The molecule has 210 valence electrons. The molecule has 3 aliphatic heterocycles. The van der Waals surface area contributed by atoms with Crippen molar-refractivity contribution in [3.8, 4) is 17.1 Å². The quantitative estimate of drug-likeness (QED) is 0.329. The van der Waals surface area contributed by atoms with Crippen LogP contribution in [0.1, 0.15) is 19.3 Å². The average molecular weight is 553 g/mol. The maximum Gasteiger partial charge on any atom is 0.319 e. The van der Waals surface area contributed by atoms with E-state index >= 15 is 0 Å². The van der Waals surface area contributed by atoms with Crippen LogP contribution in [0.25, 0.3) is 33.3 Å². The van der Waals surface area contributed by atoms with Gasteiger partial charge in [-0.3, -0.25) is 9.88 Å². The lowest BCUT2D eigenvalue weighted by molar-refractivity contribution is 0.0356. The molecule has 3 fully saturated rings. The first-order valence-corrected chi connectivity index (χ1v) is 13.7. The van der Waals surface area contributed by atoms with E-state index in [0.29, 0.717) is 46.7 Å². The summed E-state index contributed by atoms with van der Waals surface area (Å²) in [6, 6.07) is 3.64. The molecule has 3 aliphatic rings. The van der Waals surface area contributed by atoms with Crippen LogP contribution in [0.5, 0.6) is 6.01 Å². The van der Waals surface area contributed by atoms with Gasteiger partial charge in [0.2, 0.25) is 5.82 Å². The summed E-state index contributed by atoms with van der Waals surface area (Å²) in [5.41, 5.74) is 7.39. The van der Waals surface area contributed by atoms with Crippen molar-refractivity contribution in [2.24, 2.45) is 0 Å². The lowest BCUT2D eigenvalue weighted by atomic mass is 10.0. The highest BCUT2D eigenvalue weighted by Gasteiger charge is 2.34. The van der Waals surface area contributed by atoms with Crippen LogP contribution in [-0.2, 0) is 4.74 Å². The Balaban J connectivity index is 1.24. The highest BCUT2D eigenvalue weighted by molar-refractivity contribution is 5.95. The van der Waals surface area contributed by atoms with Gasteiger partial charge in [-0.2, -0.15) is 19.3 Å². The first-order chi connectivity index (χ1) is 19.5. The molecule has 1 aromatic carbocycles. The third-order valence-electron chi connectivity index (χ3n) is 7.86. The predicted octanol–water partition coefficient (Wildman–Crippen LogP) is 2.74. The van der Waals surface area contributed by atoms with Crippen LogP contribution < -0.4 is 20.7 Å². The Morgan fingerprint density at radius 3 is 2.65 bits per heavy atom. The number of fused-ring (bicyclic) bond motifs is 4. The number of pyridine rings is 1. The Kier molecular flexibility index (Phi) is 6.56. The van der Waals surface area contributed by atoms with Crippen molar-refractivity contribution in [3.05, 3.63) is 30.0 Å². The molecule has 4 aromatic rings. The molecular formula is C27H30F2N8O3. The number of oxazole rings is 1. The molecule has 0 saturated carbocycles. The van der Waals surface area contributed by atoms with Crippen molar-refractivity contribution in [2.45, 2.75) is 31.3 Å². The van der Waals surface area contributed by atoms with Crippen LogP contribution in [0.15, 0.2) is 22.7 Å². The molecular weight excluding hydrogens is 522 g/mol. The smallest absolute Gasteiger partial charge is 0.319 e. The lowest BCUT2D eigenvalue weighted by Gasteiger charge is -2.34. The number of nitrogens with one attached hydrogen (secondary N) is 1. The Morgan fingerprint density at radius 2 is 1.85 bits per heavy atom. The van der Waals surface area contributed by atoms with E-state index in [1.54, 1.807) is 12.3 Å². The minimum absolute atomic E-state index is 0.116. The minimum Gasteiger partial charge on any atom is -0.463 e. The Labute approximate surface area is 228 Å². The molecule has 6 heterocycles. The second-order valence-electron chi connectivity index (χ2n) is 10.6. The number of rotatable bonds is 7. The van der Waals surface area contributed by atoms with Gasteiger partial charge in [0.15, 0.2) is 17.2 Å². The SMILES string of the molecule is Nc1nc2c(-c3cnc4c(N5CC6CCC(C5)N6)nc(OCCCN5CCOCC5)nc4c3)cc(F)c(F)c2o1. The lowest BCUT2D eigenvalue weighted by Crippen LogP contribution is -2.51. The summed E-state index contributed by atoms with van der Waals surface area (Å²) in [7, 11) is 0. The number of hydrogen-bond acceptors (Lipinski definition) is 11. The highest BCUT2D eigenvalue weighted by Crippen LogP contribution is 2.35. The third-order valence-corrected chi connectivity index (χ3v) is 7.86. The number of hydrogen-bond donors (Lipinski definition) is 2. The number of benzene rings is 1. The zero-order chi connectivity index (χ0) is 27.2. The Hall–Kier alpha value is -3.68. The molecule has 2 atom stereocenters. The number of nitrogens with zero attached hydrogens (tertiary/aromatic N) is 6. The number of morpholine rings is 1. The maximum atomic E-state index is 14.5. The molecule has 0 amide bonds. The summed E-state index contributed by atoms with van der Waals surface area (Å²) in [6.07, 6.45) is 4.66. The normalized spacial score (nSPS) is 21.5. The highest BCUT2D eigenvalue weighted by atomic mass is 19.2. The zero-order valence-corrected chi connectivity index (χ0v) is 21.9. The summed E-state index contributed by atoms with van der Waals surface area (Å²) < 4.78 is 45.5. The van der Waals surface area contributed by atoms with Crippen LogP contribution in [-0.4, -0.2) is 89.5 Å². The standard InChI is InChI=1S/C27H30F2N8O3/c28-19-11-18(22-24(21(19)29)40-26(30)34-22)15-10-20-23(31-12-15)25(37-13-16-2-3-17(14-37)32-16)35-27(33-20)39-7-1-4-36-5-8-38-9-6-36/h10-12,16-17,32H,1-9,13-14H2,(H2,30,34). The van der Waals surface area contributed by atoms with Crippen molar-refractivity contribution < 1.29 is 22.7 Å². The molecule has 2 bridgehead atoms. The molecule has 3 aromatic heterocycles. The number of halogens is 2. The monoisotopic (exact) mass is 552 g/mol. The number of anilines is 2. The molecule has 40 heavy (non-hydrogen) atoms. The molecule has 13 heteroatoms. The van der Waals surface area contributed by atoms with Crippen LogP contribution in [0.4, 0.5) is 20.6 Å². The van der Waals surface area contributed by atoms with Crippen molar-refractivity contribution >= 4 is 34.0 Å². The molecule has 2 unspecified atom stereocenters. The second-order valence-corrected chi connectivity index (χ2v) is 10.6. The fraction of sp³-hybridized carbons (Fsp3) is 0.481. The summed E-state index contributed by atoms with van der Waals surface area (Å²) >= 11 is 0. The van der Waals surface area contributed by atoms with Gasteiger partial charge >= 0.3 is 6.01 Å². The van der Waals surface area contributed by atoms with Crippen molar-refractivity contribution in [1.29, 1.82) is 0 Å². The molecule has 3 N–H and O–H groups in total. The van der Waals surface area contributed by atoms with E-state index < -0.39 is 11.6 Å². The van der Waals surface area contributed by atoms with Crippen LogP contribution in [0, 0.1) is 11.6 Å². The predicted molar refractivity (Wildman–Crippen MR) is 144 cm³/mol. The van der Waals surface area contributed by atoms with Crippen molar-refractivity contribution in [1.82, 2.24) is 30.2 Å². The Morgan fingerprint density at radius 1 is 1.05 bits per heavy atom. The second kappa shape index (κ2) is 10.4. The third kappa shape index (κ3) is 4.78. The molecule has 11 nitrogen and oxygen atoms in total. The largest absolute Gasteiger partial charge is 0.463 e. The number of nitrogen functional groups attached to an aromatic ring is 1. The maximum absolute atomic E-state index is 14.5. The fourth-order valence-corrected chi connectivity index (χ4v) is 5.92. The van der Waals surface area contributed by atoms with Crippen LogP contribution >= 0.6 is 0 Å². The molecule has 7 rings (SSSR count). The van der Waals surface area contributed by atoms with Gasteiger partial charge in [-0.15, -0.1) is 0 Å². The number of piperazine rings is 1. The van der Waals surface area contributed by atoms with E-state index in [4.69, 9.17) is 29.6 Å². The summed E-state index contributed by atoms with van der Waals surface area (Å²) in [5.74, 6) is -1.50. The van der Waals surface area contributed by atoms with Crippen LogP contribution in [0.2, 0.25) is 0 Å². The van der Waals surface area contributed by atoms with E-state index in [-0.39, 0.29) is 23.1 Å². The van der Waals surface area contributed by atoms with Gasteiger partial charge in [-0.1, -0.05) is 0 Å². The summed E-state index contributed by atoms with van der Waals surface area (Å²) in [5, 5.41) is 3.64.